The van der Waals surface area contributed by atoms with Crippen molar-refractivity contribution in [3.63, 3.8) is 0 Å². The van der Waals surface area contributed by atoms with Gasteiger partial charge in [0.2, 0.25) is 0 Å². The number of allylic oxidation sites excluding steroid dienone is 15. The fourth-order valence-corrected chi connectivity index (χ4v) is 13.5. The van der Waals surface area contributed by atoms with Crippen LogP contribution in [0, 0.1) is 93.2 Å². The van der Waals surface area contributed by atoms with Crippen LogP contribution in [0.25, 0.3) is 0 Å². The molecule has 8 heteroatoms. The first-order valence-electron chi connectivity index (χ1n) is 29.8. The van der Waals surface area contributed by atoms with Crippen LogP contribution < -0.4 is 0 Å². The van der Waals surface area contributed by atoms with Crippen LogP contribution in [0.4, 0.5) is 0 Å². The number of Topliss-reactive ketones (excluding diaryl/α,β-unsaturated/α-hetero) is 1. The van der Waals surface area contributed by atoms with Crippen LogP contribution >= 0.6 is 0 Å². The first-order chi connectivity index (χ1) is 36.1. The van der Waals surface area contributed by atoms with Gasteiger partial charge in [-0.25, -0.2) is 0 Å². The van der Waals surface area contributed by atoms with Gasteiger partial charge >= 0.3 is 0 Å². The van der Waals surface area contributed by atoms with Crippen molar-refractivity contribution in [2.24, 2.45) is 93.2 Å². The SMILES string of the molecule is C=C(C)C1CCC(C)=CC1=O.CC(C)C1=CC(=O)C(C)CC1.CC1(C)C2CC1C(C=O)=CC2=O.CC1=CC(=O)C(C(C)C)CC1.CC1=CC(=O)C2(C(C)C)CC12.CC1=CC(=O)C2CC1C2(C)C.CC1CC=C(C(C)C)C(=O)C1. The largest absolute Gasteiger partial charge is 0.298 e. The van der Waals surface area contributed by atoms with Crippen LogP contribution in [0.15, 0.2) is 93.7 Å². The van der Waals surface area contributed by atoms with E-state index in [0.717, 1.165) is 88.1 Å². The Kier molecular flexibility index (Phi) is 22.9. The Morgan fingerprint density at radius 1 is 0.603 bits per heavy atom. The third-order valence-electron chi connectivity index (χ3n) is 19.6. The second-order valence-electron chi connectivity index (χ2n) is 27.6. The van der Waals surface area contributed by atoms with E-state index in [-0.39, 0.29) is 45.6 Å². The summed E-state index contributed by atoms with van der Waals surface area (Å²) in [6.45, 7) is 43.7. The normalized spacial score (nSPS) is 31.3. The highest BCUT2D eigenvalue weighted by atomic mass is 16.2. The van der Waals surface area contributed by atoms with Gasteiger partial charge in [-0.3, -0.25) is 38.4 Å². The number of rotatable bonds is 6. The number of carbonyl (C=O) groups is 8. The Morgan fingerprint density at radius 3 is 1.51 bits per heavy atom. The number of hydrogen-bond donors (Lipinski definition) is 0. The Balaban J connectivity index is 0.000000196. The van der Waals surface area contributed by atoms with E-state index in [9.17, 15) is 38.4 Å². The summed E-state index contributed by atoms with van der Waals surface area (Å²) in [6.07, 6.45) is 24.8. The molecule has 0 aromatic heterocycles. The fraction of sp³-hybridized carbons (Fsp3) is 0.657. The summed E-state index contributed by atoms with van der Waals surface area (Å²) in [6, 6.07) is 0. The summed E-state index contributed by atoms with van der Waals surface area (Å²) in [5.41, 5.74) is 9.47. The minimum absolute atomic E-state index is 0.0298. The van der Waals surface area contributed by atoms with Crippen molar-refractivity contribution in [2.75, 3.05) is 0 Å². The highest BCUT2D eigenvalue weighted by Gasteiger charge is 2.64. The molecule has 0 N–H and O–H groups in total. The molecule has 0 aromatic carbocycles. The predicted octanol–water partition coefficient (Wildman–Crippen LogP) is 15.9. The number of fused-ring (bicyclic) bond motifs is 3. The van der Waals surface area contributed by atoms with Crippen molar-refractivity contribution in [3.05, 3.63) is 93.7 Å². The van der Waals surface area contributed by atoms with Crippen LogP contribution in [0.3, 0.4) is 0 Å². The average Bonchev–Trinajstić information content (AvgIpc) is 4.05. The molecular weight excluding hydrogens is 969 g/mol. The van der Waals surface area contributed by atoms with Gasteiger partial charge in [-0.2, -0.15) is 0 Å². The lowest BCUT2D eigenvalue weighted by atomic mass is 9.48. The topological polar surface area (TPSA) is 137 Å². The first-order valence-corrected chi connectivity index (χ1v) is 29.8. The van der Waals surface area contributed by atoms with E-state index in [4.69, 9.17) is 0 Å². The Bertz CT molecular complexity index is 2550. The van der Waals surface area contributed by atoms with Crippen molar-refractivity contribution >= 4 is 46.8 Å². The zero-order valence-electron chi connectivity index (χ0n) is 51.9. The summed E-state index contributed by atoms with van der Waals surface area (Å²) < 4.78 is 0. The van der Waals surface area contributed by atoms with Crippen LogP contribution in [0.2, 0.25) is 0 Å². The summed E-state index contributed by atoms with van der Waals surface area (Å²) in [5, 5.41) is 0. The van der Waals surface area contributed by atoms with Crippen molar-refractivity contribution in [1.82, 2.24) is 0 Å². The molecule has 0 amide bonds. The number of ketones is 7. The maximum absolute atomic E-state index is 11.5. The molecule has 3 saturated carbocycles. The molecule has 0 aromatic rings. The molecule has 12 aliphatic carbocycles. The van der Waals surface area contributed by atoms with E-state index >= 15 is 0 Å². The molecule has 0 spiro atoms. The monoisotopic (exact) mass is 1070 g/mol. The third-order valence-corrected chi connectivity index (χ3v) is 19.6. The molecule has 3 fully saturated rings. The molecule has 8 nitrogen and oxygen atoms in total. The predicted molar refractivity (Wildman–Crippen MR) is 318 cm³/mol. The third kappa shape index (κ3) is 15.6. The summed E-state index contributed by atoms with van der Waals surface area (Å²) >= 11 is 0. The van der Waals surface area contributed by atoms with Gasteiger partial charge in [0.05, 0.1) is 0 Å². The van der Waals surface area contributed by atoms with Gasteiger partial charge in [-0.05, 0) is 205 Å². The lowest BCUT2D eigenvalue weighted by Gasteiger charge is -2.54. The van der Waals surface area contributed by atoms with Gasteiger partial charge in [0, 0.05) is 41.4 Å². The van der Waals surface area contributed by atoms with Crippen LogP contribution in [-0.4, -0.2) is 46.8 Å². The van der Waals surface area contributed by atoms with Crippen molar-refractivity contribution in [2.45, 2.75) is 202 Å². The van der Waals surface area contributed by atoms with Gasteiger partial charge in [0.15, 0.2) is 40.5 Å². The van der Waals surface area contributed by atoms with Crippen LogP contribution in [0.5, 0.6) is 0 Å². The van der Waals surface area contributed by atoms with Crippen molar-refractivity contribution < 1.29 is 38.4 Å². The smallest absolute Gasteiger partial charge is 0.162 e. The first kappa shape index (κ1) is 65.8. The minimum atomic E-state index is 0.0298. The Morgan fingerprint density at radius 2 is 1.14 bits per heavy atom. The van der Waals surface area contributed by atoms with E-state index in [1.54, 1.807) is 6.08 Å². The molecule has 0 heterocycles. The molecule has 0 radical (unpaired) electrons. The van der Waals surface area contributed by atoms with E-state index < -0.39 is 0 Å². The van der Waals surface area contributed by atoms with E-state index in [0.29, 0.717) is 93.7 Å². The average molecular weight is 1070 g/mol. The standard InChI is InChI=1S/C10H12O2.2C10H14O.3C10H16O.C10H14O/c1-10(2)7-4-8(10)9(12)3-6(7)5-11;1-6-4-9(11)8-5-7(6)10(8,2)3;1-6(2)10-5-8(10)7(3)4-9(10)11;1-7(2)9-5-4-8(3)10(11)6-9;3*1-7(2)9-5-4-8(3)6-10(9)11/h3,5,7-8H,4H2,1-2H3;4,7-8H,5H2,1-3H3;4,6,8H,5H2,1-3H3;6-8H,4-5H2,1-3H3;6-7,9H,4-5H2,1-3H3;5,7-8H,4,6H2,1-3H3;6,9H,1,4-5H2,2-3H3. The van der Waals surface area contributed by atoms with Crippen LogP contribution in [-0.2, 0) is 38.4 Å². The molecule has 0 saturated heterocycles. The van der Waals surface area contributed by atoms with Gasteiger partial charge in [0.25, 0.3) is 0 Å². The van der Waals surface area contributed by atoms with E-state index in [1.807, 2.05) is 52.0 Å². The highest BCUT2D eigenvalue weighted by molar-refractivity contribution is 6.02. The molecule has 430 valence electrons. The summed E-state index contributed by atoms with van der Waals surface area (Å²) in [7, 11) is 0. The molecular formula is C70H102O8. The zero-order chi connectivity index (χ0) is 59.1. The molecule has 78 heavy (non-hydrogen) atoms. The summed E-state index contributed by atoms with van der Waals surface area (Å²) in [4.78, 5) is 90.2. The molecule has 0 aliphatic heterocycles. The lowest BCUT2D eigenvalue weighted by molar-refractivity contribution is -0.135. The Labute approximate surface area is 472 Å². The molecule has 10 unspecified atom stereocenters. The maximum Gasteiger partial charge on any atom is 0.162 e. The van der Waals surface area contributed by atoms with Gasteiger partial charge in [0.1, 0.15) is 6.29 Å². The second-order valence-corrected chi connectivity index (χ2v) is 27.6. The van der Waals surface area contributed by atoms with Gasteiger partial charge in [-0.15, -0.1) is 0 Å². The van der Waals surface area contributed by atoms with Crippen molar-refractivity contribution in [1.29, 1.82) is 0 Å². The quantitative estimate of drug-likeness (QED) is 0.189. The maximum atomic E-state index is 11.5. The number of hydrogen-bond acceptors (Lipinski definition) is 8. The van der Waals surface area contributed by atoms with Crippen LogP contribution in [0.1, 0.15) is 202 Å². The van der Waals surface area contributed by atoms with E-state index in [1.165, 1.54) is 33.9 Å². The minimum Gasteiger partial charge on any atom is -0.298 e. The molecule has 12 rings (SSSR count). The number of aldehydes is 1. The highest BCUT2D eigenvalue weighted by Crippen LogP contribution is 2.65. The molecule has 12 aliphatic rings. The Hall–Kier alpha value is -4.72. The molecule has 10 atom stereocenters. The van der Waals surface area contributed by atoms with Gasteiger partial charge in [-0.1, -0.05) is 143 Å². The van der Waals surface area contributed by atoms with Crippen molar-refractivity contribution in [3.8, 4) is 0 Å². The number of carbonyl (C=O) groups excluding carboxylic acids is 8. The van der Waals surface area contributed by atoms with E-state index in [2.05, 4.69) is 117 Å². The summed E-state index contributed by atoms with van der Waals surface area (Å²) in [5.74, 6) is 7.46. The lowest BCUT2D eigenvalue weighted by Crippen LogP contribution is -2.52. The second kappa shape index (κ2) is 27.2. The fourth-order valence-electron chi connectivity index (χ4n) is 13.5. The molecule has 4 bridgehead atoms. The zero-order valence-corrected chi connectivity index (χ0v) is 51.9. The van der Waals surface area contributed by atoms with Gasteiger partial charge < -0.3 is 0 Å².